The van der Waals surface area contributed by atoms with Crippen molar-refractivity contribution >= 4 is 10.9 Å². The van der Waals surface area contributed by atoms with Crippen LogP contribution in [0, 0.1) is 0 Å². The van der Waals surface area contributed by atoms with E-state index in [1.165, 1.54) is 0 Å². The first-order chi connectivity index (χ1) is 6.61. The zero-order valence-corrected chi connectivity index (χ0v) is 8.65. The first kappa shape index (κ1) is 9.06. The number of hydrogen-bond acceptors (Lipinski definition) is 2. The summed E-state index contributed by atoms with van der Waals surface area (Å²) in [6.07, 6.45) is 0. The molecule has 0 aliphatic heterocycles. The van der Waals surface area contributed by atoms with E-state index in [0.29, 0.717) is 11.7 Å². The molecule has 0 bridgehead atoms. The molecule has 0 aliphatic rings. The second-order valence-corrected chi connectivity index (χ2v) is 3.83. The lowest BCUT2D eigenvalue weighted by Crippen LogP contribution is -1.92. The van der Waals surface area contributed by atoms with Gasteiger partial charge in [0.05, 0.1) is 16.6 Å². The van der Waals surface area contributed by atoms with Gasteiger partial charge >= 0.3 is 0 Å². The number of hydrogen-bond donors (Lipinski definition) is 1. The minimum atomic E-state index is 0.319. The number of aryl methyl sites for hydroxylation is 1. The summed E-state index contributed by atoms with van der Waals surface area (Å²) in [6.45, 7) is 4.16. The predicted octanol–water partition coefficient (Wildman–Crippen LogP) is 2.40. The molecule has 0 atom stereocenters. The van der Waals surface area contributed by atoms with Crippen LogP contribution in [0.15, 0.2) is 18.2 Å². The third-order valence-electron chi connectivity index (χ3n) is 2.43. The first-order valence-electron chi connectivity index (χ1n) is 4.76. The molecule has 14 heavy (non-hydrogen) atoms. The normalized spacial score (nSPS) is 11.4. The number of phenols is 1. The number of aromatic nitrogens is 2. The van der Waals surface area contributed by atoms with Crippen molar-refractivity contribution in [2.45, 2.75) is 19.8 Å². The summed E-state index contributed by atoms with van der Waals surface area (Å²) in [7, 11) is 1.90. The van der Waals surface area contributed by atoms with Crippen LogP contribution in [-0.2, 0) is 7.05 Å². The maximum atomic E-state index is 9.76. The smallest absolute Gasteiger partial charge is 0.126 e. The number of phenolic OH excluding ortho intramolecular Hbond substituents is 1. The molecule has 0 aliphatic carbocycles. The van der Waals surface area contributed by atoms with Gasteiger partial charge in [0, 0.05) is 7.05 Å². The monoisotopic (exact) mass is 190 g/mol. The lowest BCUT2D eigenvalue weighted by molar-refractivity contribution is 0.481. The Morgan fingerprint density at radius 3 is 2.71 bits per heavy atom. The summed E-state index contributed by atoms with van der Waals surface area (Å²) in [5.41, 5.74) is 1.94. The summed E-state index contributed by atoms with van der Waals surface area (Å²) < 4.78 is 1.81. The molecular formula is C11H14N2O. The van der Waals surface area contributed by atoms with E-state index in [-0.39, 0.29) is 0 Å². The fraction of sp³-hybridized carbons (Fsp3) is 0.364. The topological polar surface area (TPSA) is 38.0 Å². The standard InChI is InChI=1S/C11H14N2O/c1-7(2)11-10-8(13(3)12-11)5-4-6-9(10)14/h4-7,14H,1-3H3. The zero-order valence-electron chi connectivity index (χ0n) is 8.65. The number of aromatic hydroxyl groups is 1. The van der Waals surface area contributed by atoms with Crippen molar-refractivity contribution in [3.8, 4) is 5.75 Å². The van der Waals surface area contributed by atoms with E-state index in [4.69, 9.17) is 0 Å². The predicted molar refractivity (Wildman–Crippen MR) is 56.5 cm³/mol. The molecule has 1 aromatic heterocycles. The third-order valence-corrected chi connectivity index (χ3v) is 2.43. The molecule has 0 amide bonds. The Morgan fingerprint density at radius 2 is 2.07 bits per heavy atom. The van der Waals surface area contributed by atoms with Gasteiger partial charge in [0.25, 0.3) is 0 Å². The average Bonchev–Trinajstić information content (AvgIpc) is 2.46. The van der Waals surface area contributed by atoms with Gasteiger partial charge in [-0.3, -0.25) is 4.68 Å². The van der Waals surface area contributed by atoms with Crippen molar-refractivity contribution in [1.29, 1.82) is 0 Å². The summed E-state index contributed by atoms with van der Waals surface area (Å²) in [5.74, 6) is 0.645. The van der Waals surface area contributed by atoms with Gasteiger partial charge in [0.2, 0.25) is 0 Å². The largest absolute Gasteiger partial charge is 0.507 e. The van der Waals surface area contributed by atoms with Gasteiger partial charge < -0.3 is 5.11 Å². The first-order valence-corrected chi connectivity index (χ1v) is 4.76. The molecule has 2 aromatic rings. The Labute approximate surface area is 83.0 Å². The molecule has 0 spiro atoms. The molecule has 0 saturated heterocycles. The highest BCUT2D eigenvalue weighted by atomic mass is 16.3. The highest BCUT2D eigenvalue weighted by molar-refractivity contribution is 5.88. The van der Waals surface area contributed by atoms with Crippen LogP contribution in [0.5, 0.6) is 5.75 Å². The highest BCUT2D eigenvalue weighted by Gasteiger charge is 2.14. The number of fused-ring (bicyclic) bond motifs is 1. The maximum absolute atomic E-state index is 9.76. The number of benzene rings is 1. The molecule has 3 nitrogen and oxygen atoms in total. The summed E-state index contributed by atoms with van der Waals surface area (Å²) >= 11 is 0. The van der Waals surface area contributed by atoms with Crippen LogP contribution in [0.4, 0.5) is 0 Å². The summed E-state index contributed by atoms with van der Waals surface area (Å²) in [6, 6.07) is 5.51. The van der Waals surface area contributed by atoms with Crippen LogP contribution >= 0.6 is 0 Å². The maximum Gasteiger partial charge on any atom is 0.126 e. The van der Waals surface area contributed by atoms with Crippen LogP contribution in [-0.4, -0.2) is 14.9 Å². The lowest BCUT2D eigenvalue weighted by atomic mass is 10.1. The zero-order chi connectivity index (χ0) is 10.3. The van der Waals surface area contributed by atoms with Crippen molar-refractivity contribution in [1.82, 2.24) is 9.78 Å². The van der Waals surface area contributed by atoms with Gasteiger partial charge in [0.15, 0.2) is 0 Å². The van der Waals surface area contributed by atoms with E-state index in [1.807, 2.05) is 23.9 Å². The van der Waals surface area contributed by atoms with Gasteiger partial charge in [-0.1, -0.05) is 19.9 Å². The van der Waals surface area contributed by atoms with Crippen molar-refractivity contribution in [3.63, 3.8) is 0 Å². The fourth-order valence-corrected chi connectivity index (χ4v) is 1.73. The molecular weight excluding hydrogens is 176 g/mol. The molecule has 74 valence electrons. The van der Waals surface area contributed by atoms with Crippen LogP contribution in [0.1, 0.15) is 25.5 Å². The Morgan fingerprint density at radius 1 is 1.36 bits per heavy atom. The van der Waals surface area contributed by atoms with Crippen molar-refractivity contribution in [3.05, 3.63) is 23.9 Å². The van der Waals surface area contributed by atoms with Gasteiger partial charge in [-0.05, 0) is 18.1 Å². The van der Waals surface area contributed by atoms with Crippen molar-refractivity contribution in [2.24, 2.45) is 7.05 Å². The highest BCUT2D eigenvalue weighted by Crippen LogP contribution is 2.31. The summed E-state index contributed by atoms with van der Waals surface area (Å²) in [4.78, 5) is 0. The Balaban J connectivity index is 2.86. The van der Waals surface area contributed by atoms with Crippen molar-refractivity contribution < 1.29 is 5.11 Å². The lowest BCUT2D eigenvalue weighted by Gasteiger charge is -2.01. The van der Waals surface area contributed by atoms with E-state index in [1.54, 1.807) is 6.07 Å². The van der Waals surface area contributed by atoms with Gasteiger partial charge in [-0.25, -0.2) is 0 Å². The van der Waals surface area contributed by atoms with Crippen LogP contribution in [0.3, 0.4) is 0 Å². The molecule has 0 fully saturated rings. The molecule has 1 N–H and O–H groups in total. The molecule has 0 radical (unpaired) electrons. The van der Waals surface area contributed by atoms with E-state index in [2.05, 4.69) is 18.9 Å². The summed E-state index contributed by atoms with van der Waals surface area (Å²) in [5, 5.41) is 15.0. The van der Waals surface area contributed by atoms with E-state index >= 15 is 0 Å². The Bertz CT molecular complexity index is 471. The minimum Gasteiger partial charge on any atom is -0.507 e. The number of rotatable bonds is 1. The van der Waals surface area contributed by atoms with E-state index in [9.17, 15) is 5.11 Å². The van der Waals surface area contributed by atoms with Crippen LogP contribution in [0.2, 0.25) is 0 Å². The SMILES string of the molecule is CC(C)c1nn(C)c2cccc(O)c12. The van der Waals surface area contributed by atoms with Gasteiger partial charge in [0.1, 0.15) is 5.75 Å². The molecule has 0 unspecified atom stereocenters. The Hall–Kier alpha value is -1.51. The van der Waals surface area contributed by atoms with Crippen LogP contribution < -0.4 is 0 Å². The van der Waals surface area contributed by atoms with E-state index < -0.39 is 0 Å². The van der Waals surface area contributed by atoms with Crippen molar-refractivity contribution in [2.75, 3.05) is 0 Å². The average molecular weight is 190 g/mol. The fourth-order valence-electron chi connectivity index (χ4n) is 1.73. The minimum absolute atomic E-state index is 0.319. The van der Waals surface area contributed by atoms with Gasteiger partial charge in [-0.15, -0.1) is 0 Å². The molecule has 3 heteroatoms. The second-order valence-electron chi connectivity index (χ2n) is 3.83. The second kappa shape index (κ2) is 3.01. The molecule has 2 rings (SSSR count). The van der Waals surface area contributed by atoms with Crippen LogP contribution in [0.25, 0.3) is 10.9 Å². The Kier molecular flexibility index (Phi) is 1.95. The third kappa shape index (κ3) is 1.16. The molecule has 1 heterocycles. The number of nitrogens with zero attached hydrogens (tertiary/aromatic N) is 2. The van der Waals surface area contributed by atoms with E-state index in [0.717, 1.165) is 16.6 Å². The molecule has 1 aromatic carbocycles. The quantitative estimate of drug-likeness (QED) is 0.749. The van der Waals surface area contributed by atoms with Gasteiger partial charge in [-0.2, -0.15) is 5.10 Å². The molecule has 0 saturated carbocycles.